The van der Waals surface area contributed by atoms with Crippen LogP contribution in [0.3, 0.4) is 0 Å². The fraction of sp³-hybridized carbons (Fsp3) is 0.725. The Morgan fingerprint density at radius 3 is 1.46 bits per heavy atom. The molecule has 12 amide bonds. The summed E-state index contributed by atoms with van der Waals surface area (Å²) in [4.78, 5) is 139. The molecule has 2 fully saturated rings. The summed E-state index contributed by atoms with van der Waals surface area (Å²) in [5.74, 6) is -2.01. The molecule has 24 nitrogen and oxygen atoms in total. The van der Waals surface area contributed by atoms with E-state index in [1.54, 1.807) is 14.0 Å². The number of thioether (sulfide) groups is 2. The minimum atomic E-state index is -0.720. The van der Waals surface area contributed by atoms with Gasteiger partial charge in [-0.05, 0) is 20.8 Å². The Kier molecular flexibility index (Phi) is 72.4. The summed E-state index contributed by atoms with van der Waals surface area (Å²) >= 11 is 6.31. The van der Waals surface area contributed by atoms with E-state index in [2.05, 4.69) is 55.2 Å². The van der Waals surface area contributed by atoms with Gasteiger partial charge in [0.25, 0.3) is 11.8 Å². The lowest BCUT2D eigenvalue weighted by Gasteiger charge is -2.27. The van der Waals surface area contributed by atoms with Gasteiger partial charge in [-0.25, -0.2) is 0 Å². The fourth-order valence-electron chi connectivity index (χ4n) is 5.32. The third kappa shape index (κ3) is 41.8. The average molecular weight is 1180 g/mol. The number of imide groups is 2. The first-order chi connectivity index (χ1) is 34.2. The van der Waals surface area contributed by atoms with Crippen molar-refractivity contribution in [2.24, 2.45) is 11.5 Å². The Hall–Kier alpha value is -5.25. The molecule has 3 aliphatic rings. The molecule has 3 heterocycles. The predicted octanol–water partition coefficient (Wildman–Crippen LogP) is 2.13. The molecule has 2 saturated heterocycles. The van der Waals surface area contributed by atoms with Crippen LogP contribution in [0, 0.1) is 0 Å². The summed E-state index contributed by atoms with van der Waals surface area (Å²) in [5, 5.41) is 19.3. The van der Waals surface area contributed by atoms with E-state index in [1.807, 2.05) is 55.4 Å². The van der Waals surface area contributed by atoms with E-state index in [0.717, 1.165) is 9.80 Å². The Bertz CT molecular complexity index is 1730. The third-order valence-corrected chi connectivity index (χ3v) is 11.9. The van der Waals surface area contributed by atoms with Gasteiger partial charge in [0.2, 0.25) is 59.1 Å². The molecule has 0 aromatic rings. The second-order valence-corrected chi connectivity index (χ2v) is 16.7. The molecule has 0 aliphatic carbocycles. The van der Waals surface area contributed by atoms with Crippen molar-refractivity contribution in [1.29, 1.82) is 0 Å². The van der Waals surface area contributed by atoms with Crippen LogP contribution in [-0.4, -0.2) is 187 Å². The molecule has 3 rings (SSSR count). The maximum absolute atomic E-state index is 12.1. The Morgan fingerprint density at radius 2 is 1.08 bits per heavy atom. The van der Waals surface area contributed by atoms with Gasteiger partial charge in [0.1, 0.15) is 6.04 Å². The molecule has 5 atom stereocenters. The number of nitrogens with zero attached hydrogens (tertiary/aromatic N) is 2. The minimum Gasteiger partial charge on any atom is -0.358 e. The highest BCUT2D eigenvalue weighted by atomic mass is 32.2. The molecule has 0 aromatic carbocycles. The van der Waals surface area contributed by atoms with E-state index >= 15 is 0 Å². The summed E-state index contributed by atoms with van der Waals surface area (Å²) in [6.07, 6.45) is 3.00. The number of carbonyl (C=O) groups excluding carboxylic acids is 12. The standard InChI is InChI=1S/2C13H22N4O4S.C9H12N2O3.C4H10N2OS.3C2H6.6CH4/c1-3-16-10(18)4-5-17-11(19)6-9(13(17)21)22-7-8(14)12(20)15-2;1-3-15-10(18)4-5-16-11(19)6-9-13(21)17-8(7-22-9)12(20)14-2;1-2-10-7(12)5-6-11-8(13)3-4-9(11)14;1-6-4(7)3(5)2-8;3*1-2;;;;;;/h8-9H,3-7,14H2,1-2H3,(H,15,20)(H,16,18);8-9H,3-7H2,1-2H3,(H,14,20)(H,15,18)(H,16,19)(H,17,21);3-4H,2,5-6H2,1H3,(H,10,12);3,8H,2,5H2,1H3,(H,6,7);3*1-2H3;6*1H4/t8-,9?;;;3-;;;;;;;;;/m1..1........./s1. The third-order valence-electron chi connectivity index (χ3n) is 8.87. The van der Waals surface area contributed by atoms with Gasteiger partial charge >= 0.3 is 0 Å². The number of hydrogen-bond acceptors (Lipinski definition) is 17. The number of rotatable bonds is 21. The molecule has 78 heavy (non-hydrogen) atoms. The lowest BCUT2D eigenvalue weighted by Crippen LogP contribution is -2.54. The van der Waals surface area contributed by atoms with Crippen LogP contribution in [-0.2, 0) is 57.5 Å². The second-order valence-electron chi connectivity index (χ2n) is 13.9. The first-order valence-corrected chi connectivity index (χ1v) is 26.7. The quantitative estimate of drug-likeness (QED) is 0.0579. The SMILES string of the molecule is C.C.C.C.C.C.CC.CC.CC.CCNC(=O)CCN1C(=O)C=CC1=O.CCNC(=O)CCN1C(=O)CC(SC[C@@H](N)C(=O)NC)C1=O.CCNC(=O)CCNC(=O)CC1SCC(C(=O)NC)NC1=O.CNC(=O)[C@H](N)CS. The van der Waals surface area contributed by atoms with Gasteiger partial charge in [0.05, 0.1) is 22.6 Å². The van der Waals surface area contributed by atoms with Gasteiger partial charge in [-0.2, -0.15) is 12.6 Å². The lowest BCUT2D eigenvalue weighted by molar-refractivity contribution is -0.140. The number of carbonyl (C=O) groups is 12. The normalized spacial score (nSPS) is 15.5. The Balaban J connectivity index is -0.0000000972. The summed E-state index contributed by atoms with van der Waals surface area (Å²) < 4.78 is 0. The number of likely N-dealkylation sites (N-methyl/N-ethyl adjacent to an activating group) is 3. The van der Waals surface area contributed by atoms with Crippen LogP contribution >= 0.6 is 36.2 Å². The number of thiol groups is 1. The van der Waals surface area contributed by atoms with E-state index in [-0.39, 0.29) is 173 Å². The van der Waals surface area contributed by atoms with Crippen molar-refractivity contribution in [3.8, 4) is 0 Å². The van der Waals surface area contributed by atoms with Crippen LogP contribution in [0.5, 0.6) is 0 Å². The minimum absolute atomic E-state index is 0. The zero-order valence-electron chi connectivity index (χ0n) is 44.2. The monoisotopic (exact) mass is 1180 g/mol. The van der Waals surface area contributed by atoms with E-state index in [9.17, 15) is 57.5 Å². The maximum atomic E-state index is 12.1. The first-order valence-electron chi connectivity index (χ1n) is 24.0. The molecule has 27 heteroatoms. The Labute approximate surface area is 483 Å². The van der Waals surface area contributed by atoms with Crippen molar-refractivity contribution >= 4 is 107 Å². The van der Waals surface area contributed by atoms with Crippen LogP contribution in [0.1, 0.15) is 139 Å². The van der Waals surface area contributed by atoms with Gasteiger partial charge in [-0.15, -0.1) is 23.5 Å². The van der Waals surface area contributed by atoms with Crippen LogP contribution in [0.4, 0.5) is 0 Å². The highest BCUT2D eigenvalue weighted by Gasteiger charge is 2.39. The van der Waals surface area contributed by atoms with E-state index in [0.29, 0.717) is 31.1 Å². The molecule has 0 aromatic heterocycles. The fourth-order valence-corrected chi connectivity index (χ4v) is 7.75. The first kappa shape index (κ1) is 95.1. The smallest absolute Gasteiger partial charge is 0.253 e. The summed E-state index contributed by atoms with van der Waals surface area (Å²) in [5.41, 5.74) is 10.9. The topological polar surface area (TPSA) is 360 Å². The number of likely N-dealkylation sites (tertiary alicyclic amines) is 1. The number of nitrogens with two attached hydrogens (primary N) is 2. The number of hydrogen-bond donors (Lipinski definition) is 11. The van der Waals surface area contributed by atoms with Crippen molar-refractivity contribution in [2.45, 2.75) is 168 Å². The van der Waals surface area contributed by atoms with Crippen LogP contribution < -0.4 is 54.0 Å². The molecule has 0 radical (unpaired) electrons. The van der Waals surface area contributed by atoms with E-state index in [4.69, 9.17) is 11.5 Å². The molecule has 12 N–H and O–H groups in total. The van der Waals surface area contributed by atoms with Crippen molar-refractivity contribution in [1.82, 2.24) is 52.3 Å². The lowest BCUT2D eigenvalue weighted by atomic mass is 10.2. The highest BCUT2D eigenvalue weighted by Crippen LogP contribution is 2.26. The zero-order valence-corrected chi connectivity index (χ0v) is 46.7. The second kappa shape index (κ2) is 59.4. The van der Waals surface area contributed by atoms with E-state index in [1.165, 1.54) is 49.8 Å². The van der Waals surface area contributed by atoms with Crippen LogP contribution in [0.25, 0.3) is 0 Å². The molecule has 0 spiro atoms. The molecule has 462 valence electrons. The zero-order chi connectivity index (χ0) is 56.4. The average Bonchev–Trinajstić information content (AvgIpc) is 3.86. The van der Waals surface area contributed by atoms with Gasteiger partial charge < -0.3 is 54.0 Å². The largest absolute Gasteiger partial charge is 0.358 e. The summed E-state index contributed by atoms with van der Waals surface area (Å²) in [6, 6.07) is -1.75. The predicted molar refractivity (Wildman–Crippen MR) is 326 cm³/mol. The molecule has 3 unspecified atom stereocenters. The van der Waals surface area contributed by atoms with Crippen LogP contribution in [0.2, 0.25) is 0 Å². The van der Waals surface area contributed by atoms with Gasteiger partial charge in [-0.3, -0.25) is 67.3 Å². The van der Waals surface area contributed by atoms with Gasteiger partial charge in [0, 0.05) is 122 Å². The summed E-state index contributed by atoms with van der Waals surface area (Å²) in [6.45, 7) is 19.5. The maximum Gasteiger partial charge on any atom is 0.253 e. The van der Waals surface area contributed by atoms with Crippen molar-refractivity contribution in [3.05, 3.63) is 12.2 Å². The van der Waals surface area contributed by atoms with Crippen LogP contribution in [0.15, 0.2) is 12.2 Å². The molecular formula is C51H108N12O12S3. The molecule has 3 aliphatic heterocycles. The van der Waals surface area contributed by atoms with Crippen molar-refractivity contribution in [3.63, 3.8) is 0 Å². The van der Waals surface area contributed by atoms with Gasteiger partial charge in [-0.1, -0.05) is 86.1 Å². The molecular weight excluding hydrogens is 1070 g/mol. The number of nitrogens with one attached hydrogen (secondary N) is 8. The van der Waals surface area contributed by atoms with E-state index < -0.39 is 28.6 Å². The highest BCUT2D eigenvalue weighted by molar-refractivity contribution is 8.01. The molecule has 0 saturated carbocycles. The number of amides is 12. The van der Waals surface area contributed by atoms with Crippen molar-refractivity contribution < 1.29 is 57.5 Å². The molecule has 0 bridgehead atoms. The van der Waals surface area contributed by atoms with Crippen molar-refractivity contribution in [2.75, 3.05) is 77.7 Å². The van der Waals surface area contributed by atoms with Gasteiger partial charge in [0.15, 0.2) is 0 Å². The summed E-state index contributed by atoms with van der Waals surface area (Å²) in [7, 11) is 4.54. The Morgan fingerprint density at radius 1 is 0.654 bits per heavy atom.